The number of ether oxygens (including phenoxy) is 1. The number of para-hydroxylation sites is 2. The molecule has 2 N–H and O–H groups in total. The molecule has 0 aliphatic heterocycles. The van der Waals surface area contributed by atoms with Crippen molar-refractivity contribution in [3.63, 3.8) is 0 Å². The van der Waals surface area contributed by atoms with E-state index < -0.39 is 0 Å². The lowest BCUT2D eigenvalue weighted by molar-refractivity contribution is -0.113. The predicted molar refractivity (Wildman–Crippen MR) is 116 cm³/mol. The molecule has 0 saturated heterocycles. The molecule has 9 heteroatoms. The van der Waals surface area contributed by atoms with Gasteiger partial charge in [-0.25, -0.2) is 0 Å². The number of benzene rings is 2. The van der Waals surface area contributed by atoms with Crippen LogP contribution in [0, 0.1) is 13.8 Å². The molecule has 0 spiro atoms. The fourth-order valence-corrected chi connectivity index (χ4v) is 4.20. The van der Waals surface area contributed by atoms with Crippen molar-refractivity contribution >= 4 is 45.7 Å². The van der Waals surface area contributed by atoms with E-state index in [0.717, 1.165) is 11.1 Å². The number of aromatic nitrogens is 2. The van der Waals surface area contributed by atoms with Crippen molar-refractivity contribution in [2.24, 2.45) is 0 Å². The largest absolute Gasteiger partial charge is 0.495 e. The van der Waals surface area contributed by atoms with Crippen molar-refractivity contribution in [3.8, 4) is 5.75 Å². The highest BCUT2D eigenvalue weighted by Crippen LogP contribution is 2.27. The molecule has 7 nitrogen and oxygen atoms in total. The lowest BCUT2D eigenvalue weighted by Gasteiger charge is -2.08. The Morgan fingerprint density at radius 1 is 1.07 bits per heavy atom. The van der Waals surface area contributed by atoms with Crippen LogP contribution in [0.3, 0.4) is 0 Å². The lowest BCUT2D eigenvalue weighted by Crippen LogP contribution is -2.14. The smallest absolute Gasteiger partial charge is 0.257 e. The molecule has 3 aromatic rings. The molecular formula is C20H20N4O3S2. The summed E-state index contributed by atoms with van der Waals surface area (Å²) in [6, 6.07) is 12.8. The third kappa shape index (κ3) is 5.78. The molecule has 0 bridgehead atoms. The average Bonchev–Trinajstić information content (AvgIpc) is 3.13. The Morgan fingerprint density at radius 2 is 1.79 bits per heavy atom. The molecule has 29 heavy (non-hydrogen) atoms. The van der Waals surface area contributed by atoms with E-state index in [1.807, 2.05) is 44.2 Å². The minimum atomic E-state index is -0.238. The van der Waals surface area contributed by atoms with Gasteiger partial charge in [-0.05, 0) is 38.1 Å². The number of nitrogens with zero attached hydrogens (tertiary/aromatic N) is 2. The van der Waals surface area contributed by atoms with Gasteiger partial charge in [-0.15, -0.1) is 10.2 Å². The van der Waals surface area contributed by atoms with E-state index in [4.69, 9.17) is 4.74 Å². The first-order valence-corrected chi connectivity index (χ1v) is 10.5. The van der Waals surface area contributed by atoms with Crippen LogP contribution in [-0.2, 0) is 4.79 Å². The molecule has 2 aromatic carbocycles. The van der Waals surface area contributed by atoms with Crippen LogP contribution in [-0.4, -0.2) is 34.9 Å². The van der Waals surface area contributed by atoms with Crippen LogP contribution in [0.1, 0.15) is 21.5 Å². The van der Waals surface area contributed by atoms with E-state index >= 15 is 0 Å². The summed E-state index contributed by atoms with van der Waals surface area (Å²) in [4.78, 5) is 24.6. The van der Waals surface area contributed by atoms with Crippen LogP contribution in [0.2, 0.25) is 0 Å². The van der Waals surface area contributed by atoms with Gasteiger partial charge >= 0.3 is 0 Å². The number of nitrogens with one attached hydrogen (secondary N) is 2. The fraction of sp³-hybridized carbons (Fsp3) is 0.200. The van der Waals surface area contributed by atoms with E-state index in [0.29, 0.717) is 26.5 Å². The highest BCUT2D eigenvalue weighted by atomic mass is 32.2. The standard InChI is InChI=1S/C20H20N4O3S2/c1-12-8-13(2)10-14(9-12)18(26)22-19-23-24-20(29-19)28-11-17(25)21-15-6-4-5-7-16(15)27-3/h4-10H,11H2,1-3H3,(H,21,25)(H,22,23,26). The zero-order chi connectivity index (χ0) is 20.8. The molecule has 0 aliphatic carbocycles. The number of carbonyl (C=O) groups excluding carboxylic acids is 2. The van der Waals surface area contributed by atoms with Crippen molar-refractivity contribution in [3.05, 3.63) is 59.2 Å². The van der Waals surface area contributed by atoms with Gasteiger partial charge in [0.1, 0.15) is 5.75 Å². The van der Waals surface area contributed by atoms with Gasteiger partial charge < -0.3 is 10.1 Å². The number of hydrogen-bond acceptors (Lipinski definition) is 7. The summed E-state index contributed by atoms with van der Waals surface area (Å²) in [5.74, 6) is 0.338. The normalized spacial score (nSPS) is 10.4. The number of rotatable bonds is 7. The monoisotopic (exact) mass is 428 g/mol. The molecule has 0 aliphatic rings. The molecule has 0 radical (unpaired) electrons. The predicted octanol–water partition coefficient (Wildman–Crippen LogP) is 4.15. The van der Waals surface area contributed by atoms with Gasteiger partial charge in [0, 0.05) is 5.56 Å². The topological polar surface area (TPSA) is 93.2 Å². The fourth-order valence-electron chi connectivity index (χ4n) is 2.66. The molecule has 2 amide bonds. The number of carbonyl (C=O) groups is 2. The lowest BCUT2D eigenvalue weighted by atomic mass is 10.1. The van der Waals surface area contributed by atoms with Crippen molar-refractivity contribution in [2.75, 3.05) is 23.5 Å². The molecule has 0 saturated carbocycles. The number of aryl methyl sites for hydroxylation is 2. The second-order valence-corrected chi connectivity index (χ2v) is 8.44. The van der Waals surface area contributed by atoms with Crippen molar-refractivity contribution in [1.82, 2.24) is 10.2 Å². The second-order valence-electron chi connectivity index (χ2n) is 6.24. The summed E-state index contributed by atoms with van der Waals surface area (Å²) in [5, 5.41) is 13.9. The Kier molecular flexibility index (Phi) is 6.84. The number of anilines is 2. The van der Waals surface area contributed by atoms with Crippen molar-refractivity contribution in [1.29, 1.82) is 0 Å². The Balaban J connectivity index is 1.55. The molecule has 0 fully saturated rings. The van der Waals surface area contributed by atoms with Crippen LogP contribution in [0.5, 0.6) is 5.75 Å². The van der Waals surface area contributed by atoms with Gasteiger partial charge in [0.2, 0.25) is 11.0 Å². The number of hydrogen-bond donors (Lipinski definition) is 2. The highest BCUT2D eigenvalue weighted by Gasteiger charge is 2.13. The van der Waals surface area contributed by atoms with Crippen LogP contribution < -0.4 is 15.4 Å². The first kappa shape index (κ1) is 20.8. The molecule has 150 valence electrons. The summed E-state index contributed by atoms with van der Waals surface area (Å²) >= 11 is 2.47. The van der Waals surface area contributed by atoms with E-state index in [1.54, 1.807) is 19.2 Å². The quantitative estimate of drug-likeness (QED) is 0.434. The molecule has 3 rings (SSSR count). The maximum absolute atomic E-state index is 12.4. The van der Waals surface area contributed by atoms with Crippen LogP contribution in [0.15, 0.2) is 46.8 Å². The Labute approximate surface area is 176 Å². The van der Waals surface area contributed by atoms with Gasteiger partial charge in [-0.3, -0.25) is 14.9 Å². The van der Waals surface area contributed by atoms with Crippen LogP contribution >= 0.6 is 23.1 Å². The number of amides is 2. The SMILES string of the molecule is COc1ccccc1NC(=O)CSc1nnc(NC(=O)c2cc(C)cc(C)c2)s1. The molecular weight excluding hydrogens is 408 g/mol. The maximum atomic E-state index is 12.4. The summed E-state index contributed by atoms with van der Waals surface area (Å²) in [6.45, 7) is 3.89. The van der Waals surface area contributed by atoms with Crippen LogP contribution in [0.4, 0.5) is 10.8 Å². The summed E-state index contributed by atoms with van der Waals surface area (Å²) in [7, 11) is 1.55. The zero-order valence-electron chi connectivity index (χ0n) is 16.2. The molecule has 1 aromatic heterocycles. The number of thioether (sulfide) groups is 1. The van der Waals surface area contributed by atoms with Crippen molar-refractivity contribution in [2.45, 2.75) is 18.2 Å². The molecule has 0 unspecified atom stereocenters. The van der Waals surface area contributed by atoms with Gasteiger partial charge in [-0.2, -0.15) is 0 Å². The van der Waals surface area contributed by atoms with Crippen molar-refractivity contribution < 1.29 is 14.3 Å². The van der Waals surface area contributed by atoms with Gasteiger partial charge in [-0.1, -0.05) is 52.4 Å². The first-order chi connectivity index (χ1) is 13.9. The Hall–Kier alpha value is -2.91. The van der Waals surface area contributed by atoms with Gasteiger partial charge in [0.25, 0.3) is 5.91 Å². The summed E-state index contributed by atoms with van der Waals surface area (Å²) in [5.41, 5.74) is 3.22. The van der Waals surface area contributed by atoms with E-state index in [9.17, 15) is 9.59 Å². The number of methoxy groups -OCH3 is 1. The molecule has 0 atom stereocenters. The Morgan fingerprint density at radius 3 is 2.52 bits per heavy atom. The minimum Gasteiger partial charge on any atom is -0.495 e. The van der Waals surface area contributed by atoms with E-state index in [1.165, 1.54) is 23.1 Å². The molecule has 1 heterocycles. The third-order valence-electron chi connectivity index (χ3n) is 3.82. The van der Waals surface area contributed by atoms with E-state index in [2.05, 4.69) is 20.8 Å². The van der Waals surface area contributed by atoms with Gasteiger partial charge in [0.15, 0.2) is 4.34 Å². The maximum Gasteiger partial charge on any atom is 0.257 e. The first-order valence-electron chi connectivity index (χ1n) is 8.73. The van der Waals surface area contributed by atoms with Gasteiger partial charge in [0.05, 0.1) is 18.6 Å². The zero-order valence-corrected chi connectivity index (χ0v) is 17.8. The average molecular weight is 429 g/mol. The van der Waals surface area contributed by atoms with E-state index in [-0.39, 0.29) is 17.6 Å². The Bertz CT molecular complexity index is 1020. The third-order valence-corrected chi connectivity index (χ3v) is 5.79. The summed E-state index contributed by atoms with van der Waals surface area (Å²) < 4.78 is 5.81. The minimum absolute atomic E-state index is 0.164. The summed E-state index contributed by atoms with van der Waals surface area (Å²) in [6.07, 6.45) is 0. The highest BCUT2D eigenvalue weighted by molar-refractivity contribution is 8.01. The van der Waals surface area contributed by atoms with Crippen LogP contribution in [0.25, 0.3) is 0 Å². The second kappa shape index (κ2) is 9.53.